The zero-order valence-electron chi connectivity index (χ0n) is 17.0. The number of aromatic amines is 1. The second-order valence-corrected chi connectivity index (χ2v) is 8.79. The molecule has 2 aliphatic rings. The van der Waals surface area contributed by atoms with Crippen molar-refractivity contribution in [3.8, 4) is 0 Å². The minimum atomic E-state index is 0.148. The van der Waals surface area contributed by atoms with Crippen molar-refractivity contribution in [2.24, 2.45) is 11.3 Å². The Kier molecular flexibility index (Phi) is 5.40. The third kappa shape index (κ3) is 3.93. The van der Waals surface area contributed by atoms with Gasteiger partial charge in [0.05, 0.1) is 0 Å². The van der Waals surface area contributed by atoms with E-state index < -0.39 is 0 Å². The van der Waals surface area contributed by atoms with Crippen molar-refractivity contribution in [2.75, 3.05) is 32.7 Å². The number of nitrogens with one attached hydrogen (secondary N) is 1. The monoisotopic (exact) mass is 377 g/mol. The molecule has 28 heavy (non-hydrogen) atoms. The molecule has 2 fully saturated rings. The number of carbonyl (C=O) groups excluding carboxylic acids is 1. The van der Waals surface area contributed by atoms with Crippen LogP contribution in [0.1, 0.15) is 36.3 Å². The molecule has 1 N–H and O–H groups in total. The topological polar surface area (TPSA) is 39.3 Å². The van der Waals surface area contributed by atoms with Gasteiger partial charge in [-0.1, -0.05) is 42.0 Å². The highest BCUT2D eigenvalue weighted by atomic mass is 16.2. The number of nitrogens with zero attached hydrogens (tertiary/aromatic N) is 2. The summed E-state index contributed by atoms with van der Waals surface area (Å²) >= 11 is 0. The van der Waals surface area contributed by atoms with Crippen molar-refractivity contribution in [3.63, 3.8) is 0 Å². The minimum Gasteiger partial charge on any atom is -0.357 e. The van der Waals surface area contributed by atoms with Gasteiger partial charge >= 0.3 is 0 Å². The molecule has 0 radical (unpaired) electrons. The summed E-state index contributed by atoms with van der Waals surface area (Å²) < 4.78 is 0. The van der Waals surface area contributed by atoms with Crippen molar-refractivity contribution >= 4 is 5.91 Å². The molecule has 4 rings (SSSR count). The maximum absolute atomic E-state index is 12.9. The molecular weight excluding hydrogens is 346 g/mol. The van der Waals surface area contributed by atoms with E-state index >= 15 is 0 Å². The van der Waals surface area contributed by atoms with E-state index in [0.717, 1.165) is 45.6 Å². The average Bonchev–Trinajstić information content (AvgIpc) is 3.40. The Morgan fingerprint density at radius 1 is 1.14 bits per heavy atom. The molecule has 0 bridgehead atoms. The highest BCUT2D eigenvalue weighted by Crippen LogP contribution is 2.46. The van der Waals surface area contributed by atoms with E-state index in [1.54, 1.807) is 0 Å². The summed E-state index contributed by atoms with van der Waals surface area (Å²) in [6.45, 7) is 9.27. The third-order valence-electron chi connectivity index (χ3n) is 6.46. The number of fused-ring (bicyclic) bond motifs is 1. The Labute approximate surface area is 168 Å². The van der Waals surface area contributed by atoms with Gasteiger partial charge in [-0.15, -0.1) is 0 Å². The fourth-order valence-electron chi connectivity index (χ4n) is 4.92. The first-order chi connectivity index (χ1) is 13.6. The molecule has 1 aromatic heterocycles. The second kappa shape index (κ2) is 7.96. The summed E-state index contributed by atoms with van der Waals surface area (Å²) in [6.07, 6.45) is 6.38. The normalized spacial score (nSPS) is 24.4. The Bertz CT molecular complexity index is 823. The van der Waals surface area contributed by atoms with Crippen LogP contribution in [0.3, 0.4) is 0 Å². The number of hydrogen-bond donors (Lipinski definition) is 1. The van der Waals surface area contributed by atoms with Crippen LogP contribution in [0.4, 0.5) is 0 Å². The fourth-order valence-corrected chi connectivity index (χ4v) is 4.92. The van der Waals surface area contributed by atoms with Crippen LogP contribution in [-0.4, -0.2) is 53.4 Å². The molecular formula is C24H31N3O. The smallest absolute Gasteiger partial charge is 0.270 e. The third-order valence-corrected chi connectivity index (χ3v) is 6.46. The Balaban J connectivity index is 1.50. The lowest BCUT2D eigenvalue weighted by Gasteiger charge is -2.29. The molecule has 148 valence electrons. The van der Waals surface area contributed by atoms with Gasteiger partial charge in [-0.2, -0.15) is 0 Å². The average molecular weight is 378 g/mol. The van der Waals surface area contributed by atoms with Crippen LogP contribution in [0, 0.1) is 11.3 Å². The van der Waals surface area contributed by atoms with Gasteiger partial charge < -0.3 is 9.88 Å². The molecule has 2 atom stereocenters. The molecule has 0 unspecified atom stereocenters. The first-order valence-corrected chi connectivity index (χ1v) is 10.4. The number of likely N-dealkylation sites (tertiary alicyclic amines) is 2. The molecule has 0 spiro atoms. The standard InChI is InChI=1S/C24H31N3O/c1-19(2)11-14-26-15-21-16-27(23(28)22-9-6-13-25-22)18-24(21,17-26)12-10-20-7-4-3-5-8-20/h3-9,11,13,21,25H,10,12,14-18H2,1-2H3/t21-,24+/m0/s1. The molecule has 0 aliphatic carbocycles. The number of allylic oxidation sites excluding steroid dienone is 1. The maximum atomic E-state index is 12.9. The summed E-state index contributed by atoms with van der Waals surface area (Å²) in [4.78, 5) is 20.7. The lowest BCUT2D eigenvalue weighted by molar-refractivity contribution is 0.0753. The van der Waals surface area contributed by atoms with Crippen molar-refractivity contribution in [3.05, 3.63) is 71.6 Å². The first-order valence-electron chi connectivity index (χ1n) is 10.4. The van der Waals surface area contributed by atoms with Crippen LogP contribution in [-0.2, 0) is 6.42 Å². The number of benzene rings is 1. The quantitative estimate of drug-likeness (QED) is 0.773. The van der Waals surface area contributed by atoms with E-state index in [1.165, 1.54) is 11.1 Å². The molecule has 3 heterocycles. The molecule has 4 nitrogen and oxygen atoms in total. The number of carbonyl (C=O) groups is 1. The van der Waals surface area contributed by atoms with Crippen LogP contribution in [0.5, 0.6) is 0 Å². The van der Waals surface area contributed by atoms with Gasteiger partial charge in [-0.3, -0.25) is 9.69 Å². The Morgan fingerprint density at radius 3 is 2.68 bits per heavy atom. The van der Waals surface area contributed by atoms with Gasteiger partial charge in [0.15, 0.2) is 0 Å². The summed E-state index contributed by atoms with van der Waals surface area (Å²) in [5.74, 6) is 0.704. The fraction of sp³-hybridized carbons (Fsp3) is 0.458. The van der Waals surface area contributed by atoms with Crippen LogP contribution in [0.25, 0.3) is 0 Å². The molecule has 2 aliphatic heterocycles. The summed E-state index contributed by atoms with van der Waals surface area (Å²) in [7, 11) is 0. The highest BCUT2D eigenvalue weighted by molar-refractivity contribution is 5.92. The molecule has 4 heteroatoms. The van der Waals surface area contributed by atoms with E-state index in [4.69, 9.17) is 0 Å². The van der Waals surface area contributed by atoms with Gasteiger partial charge in [0.1, 0.15) is 5.69 Å². The molecule has 2 saturated heterocycles. The zero-order valence-corrected chi connectivity index (χ0v) is 17.0. The second-order valence-electron chi connectivity index (χ2n) is 8.79. The first kappa shape index (κ1) is 19.0. The predicted molar refractivity (Wildman–Crippen MR) is 113 cm³/mol. The molecule has 0 saturated carbocycles. The number of aromatic nitrogens is 1. The van der Waals surface area contributed by atoms with Crippen LogP contribution in [0.15, 0.2) is 60.3 Å². The van der Waals surface area contributed by atoms with E-state index in [-0.39, 0.29) is 11.3 Å². The van der Waals surface area contributed by atoms with E-state index in [9.17, 15) is 4.79 Å². The van der Waals surface area contributed by atoms with Gasteiger partial charge in [-0.05, 0) is 50.3 Å². The number of hydrogen-bond acceptors (Lipinski definition) is 2. The van der Waals surface area contributed by atoms with E-state index in [1.807, 2.05) is 18.3 Å². The summed E-state index contributed by atoms with van der Waals surface area (Å²) in [5.41, 5.74) is 3.68. The number of rotatable bonds is 6. The van der Waals surface area contributed by atoms with E-state index in [0.29, 0.717) is 11.6 Å². The number of H-pyrrole nitrogens is 1. The van der Waals surface area contributed by atoms with Crippen molar-refractivity contribution in [1.29, 1.82) is 0 Å². The number of aryl methyl sites for hydroxylation is 1. The summed E-state index contributed by atoms with van der Waals surface area (Å²) in [5, 5.41) is 0. The van der Waals surface area contributed by atoms with Crippen LogP contribution >= 0.6 is 0 Å². The van der Waals surface area contributed by atoms with Crippen molar-refractivity contribution in [1.82, 2.24) is 14.8 Å². The predicted octanol–water partition coefficient (Wildman–Crippen LogP) is 3.99. The summed E-state index contributed by atoms with van der Waals surface area (Å²) in [6, 6.07) is 14.5. The van der Waals surface area contributed by atoms with Crippen LogP contribution < -0.4 is 0 Å². The van der Waals surface area contributed by atoms with Gasteiger partial charge in [0.25, 0.3) is 5.91 Å². The van der Waals surface area contributed by atoms with Crippen LogP contribution in [0.2, 0.25) is 0 Å². The Hall–Kier alpha value is -2.33. The number of amides is 1. The van der Waals surface area contributed by atoms with E-state index in [2.05, 4.69) is 65.0 Å². The molecule has 2 aromatic rings. The lowest BCUT2D eigenvalue weighted by atomic mass is 9.76. The zero-order chi connectivity index (χ0) is 19.6. The highest BCUT2D eigenvalue weighted by Gasteiger charge is 2.52. The van der Waals surface area contributed by atoms with Crippen molar-refractivity contribution < 1.29 is 4.79 Å². The Morgan fingerprint density at radius 2 is 1.96 bits per heavy atom. The van der Waals surface area contributed by atoms with Crippen molar-refractivity contribution in [2.45, 2.75) is 26.7 Å². The maximum Gasteiger partial charge on any atom is 0.270 e. The minimum absolute atomic E-state index is 0.148. The largest absolute Gasteiger partial charge is 0.357 e. The van der Waals surface area contributed by atoms with Gasteiger partial charge in [-0.25, -0.2) is 0 Å². The molecule has 1 aromatic carbocycles. The SMILES string of the molecule is CC(C)=CCN1C[C@H]2CN(C(=O)c3ccc[nH]3)C[C@@]2(CCc2ccccc2)C1. The van der Waals surface area contributed by atoms with Gasteiger partial charge in [0.2, 0.25) is 0 Å². The van der Waals surface area contributed by atoms with Gasteiger partial charge in [0, 0.05) is 44.3 Å². The lowest BCUT2D eigenvalue weighted by Crippen LogP contribution is -2.37. The molecule has 1 amide bonds.